The fraction of sp³-hybridized carbons (Fsp3) is 0.739. The standard InChI is InChI=1S/C23H39N5O6S2/c1-4-8-20(28(32)16-29)18(15-17-9-6-5-7-10-17)21(30)25-19(11-14-36(33,34)27(2)3)22(31)26-23-24-12-13-35-23/h12-13,16-20,32H,4-11,14-15H2,1-3H3,(H,25,30)(H,24,26,31)/t18-,19+,20+/m1/s1. The van der Waals surface area contributed by atoms with Gasteiger partial charge in [-0.3, -0.25) is 19.6 Å². The molecule has 1 saturated carbocycles. The van der Waals surface area contributed by atoms with Crippen molar-refractivity contribution in [1.29, 1.82) is 0 Å². The van der Waals surface area contributed by atoms with Crippen molar-refractivity contribution in [2.75, 3.05) is 25.2 Å². The highest BCUT2D eigenvalue weighted by atomic mass is 32.2. The lowest BCUT2D eigenvalue weighted by Crippen LogP contribution is -2.52. The molecular formula is C23H39N5O6S2. The molecule has 1 aliphatic rings. The van der Waals surface area contributed by atoms with Gasteiger partial charge in [0.2, 0.25) is 28.2 Å². The highest BCUT2D eigenvalue weighted by molar-refractivity contribution is 7.89. The highest BCUT2D eigenvalue weighted by Crippen LogP contribution is 2.32. The van der Waals surface area contributed by atoms with Crippen LogP contribution in [0, 0.1) is 11.8 Å². The van der Waals surface area contributed by atoms with Gasteiger partial charge in [-0.15, -0.1) is 11.3 Å². The van der Waals surface area contributed by atoms with Gasteiger partial charge < -0.3 is 10.6 Å². The number of carbonyl (C=O) groups is 3. The minimum atomic E-state index is -3.62. The number of sulfonamides is 1. The fourth-order valence-corrected chi connectivity index (χ4v) is 6.02. The Kier molecular flexibility index (Phi) is 12.2. The first kappa shape index (κ1) is 30.1. The molecule has 0 spiro atoms. The molecule has 3 amide bonds. The van der Waals surface area contributed by atoms with E-state index in [2.05, 4.69) is 15.6 Å². The zero-order valence-electron chi connectivity index (χ0n) is 21.3. The normalized spacial score (nSPS) is 17.2. The van der Waals surface area contributed by atoms with Crippen molar-refractivity contribution in [2.24, 2.45) is 11.8 Å². The molecule has 0 saturated heterocycles. The van der Waals surface area contributed by atoms with Gasteiger partial charge in [0.15, 0.2) is 5.13 Å². The van der Waals surface area contributed by atoms with E-state index in [-0.39, 0.29) is 18.1 Å². The molecule has 204 valence electrons. The molecule has 1 aliphatic carbocycles. The highest BCUT2D eigenvalue weighted by Gasteiger charge is 2.36. The number of anilines is 1. The van der Waals surface area contributed by atoms with Crippen LogP contribution in [0.4, 0.5) is 5.13 Å². The first-order chi connectivity index (χ1) is 17.1. The van der Waals surface area contributed by atoms with E-state index in [1.165, 1.54) is 31.6 Å². The van der Waals surface area contributed by atoms with E-state index >= 15 is 0 Å². The number of carbonyl (C=O) groups excluding carboxylic acids is 3. The summed E-state index contributed by atoms with van der Waals surface area (Å²) in [4.78, 5) is 42.1. The molecule has 3 atom stereocenters. The van der Waals surface area contributed by atoms with Gasteiger partial charge in [-0.2, -0.15) is 0 Å². The Morgan fingerprint density at radius 1 is 1.22 bits per heavy atom. The fourth-order valence-electron chi connectivity index (χ4n) is 4.59. The van der Waals surface area contributed by atoms with E-state index in [0.717, 1.165) is 36.4 Å². The SMILES string of the molecule is CCC[C@@H]([C@@H](CC1CCCCC1)C(=O)N[C@@H](CCS(=O)(=O)N(C)C)C(=O)Nc1nccs1)N(O)C=O. The molecule has 0 bridgehead atoms. The summed E-state index contributed by atoms with van der Waals surface area (Å²) in [7, 11) is -0.803. The molecule has 0 aromatic carbocycles. The summed E-state index contributed by atoms with van der Waals surface area (Å²) in [5.74, 6) is -1.88. The number of hydrogen-bond acceptors (Lipinski definition) is 8. The van der Waals surface area contributed by atoms with Gasteiger partial charge in [0.25, 0.3) is 0 Å². The zero-order valence-corrected chi connectivity index (χ0v) is 22.9. The molecule has 0 unspecified atom stereocenters. The molecule has 1 aromatic heterocycles. The summed E-state index contributed by atoms with van der Waals surface area (Å²) in [5, 5.41) is 18.2. The smallest absolute Gasteiger partial charge is 0.248 e. The second-order valence-electron chi connectivity index (χ2n) is 9.46. The van der Waals surface area contributed by atoms with E-state index in [9.17, 15) is 28.0 Å². The van der Waals surface area contributed by atoms with Crippen molar-refractivity contribution in [2.45, 2.75) is 76.8 Å². The quantitative estimate of drug-likeness (QED) is 0.174. The molecular weight excluding hydrogens is 506 g/mol. The van der Waals surface area contributed by atoms with Crippen LogP contribution in [0.15, 0.2) is 11.6 Å². The molecule has 1 aromatic rings. The van der Waals surface area contributed by atoms with Crippen LogP contribution in [0.5, 0.6) is 0 Å². The monoisotopic (exact) mass is 545 g/mol. The maximum Gasteiger partial charge on any atom is 0.248 e. The average molecular weight is 546 g/mol. The van der Waals surface area contributed by atoms with Crippen molar-refractivity contribution in [3.63, 3.8) is 0 Å². The number of nitrogens with one attached hydrogen (secondary N) is 2. The van der Waals surface area contributed by atoms with E-state index in [4.69, 9.17) is 0 Å². The predicted octanol–water partition coefficient (Wildman–Crippen LogP) is 2.45. The molecule has 1 heterocycles. The number of thiazole rings is 1. The van der Waals surface area contributed by atoms with Crippen LogP contribution in [0.3, 0.4) is 0 Å². The van der Waals surface area contributed by atoms with Crippen molar-refractivity contribution in [3.8, 4) is 0 Å². The van der Waals surface area contributed by atoms with Gasteiger partial charge in [0.1, 0.15) is 6.04 Å². The summed E-state index contributed by atoms with van der Waals surface area (Å²) in [5.41, 5.74) is 0. The first-order valence-electron chi connectivity index (χ1n) is 12.4. The summed E-state index contributed by atoms with van der Waals surface area (Å²) in [6.07, 6.45) is 8.40. The Hall–Kier alpha value is -2.09. The summed E-state index contributed by atoms with van der Waals surface area (Å²) in [6.45, 7) is 1.90. The van der Waals surface area contributed by atoms with Crippen molar-refractivity contribution in [3.05, 3.63) is 11.6 Å². The van der Waals surface area contributed by atoms with Gasteiger partial charge in [-0.1, -0.05) is 45.4 Å². The molecule has 36 heavy (non-hydrogen) atoms. The minimum Gasteiger partial charge on any atom is -0.344 e. The third kappa shape index (κ3) is 9.09. The minimum absolute atomic E-state index is 0.144. The lowest BCUT2D eigenvalue weighted by Gasteiger charge is -2.34. The summed E-state index contributed by atoms with van der Waals surface area (Å²) < 4.78 is 25.8. The predicted molar refractivity (Wildman–Crippen MR) is 138 cm³/mol. The Balaban J connectivity index is 2.28. The van der Waals surface area contributed by atoms with Crippen molar-refractivity contribution < 1.29 is 28.0 Å². The van der Waals surface area contributed by atoms with Crippen molar-refractivity contribution in [1.82, 2.24) is 19.7 Å². The van der Waals surface area contributed by atoms with Crippen LogP contribution in [0.25, 0.3) is 0 Å². The van der Waals surface area contributed by atoms with Gasteiger partial charge >= 0.3 is 0 Å². The van der Waals surface area contributed by atoms with Gasteiger partial charge in [-0.25, -0.2) is 22.8 Å². The number of rotatable bonds is 15. The Morgan fingerprint density at radius 2 is 1.92 bits per heavy atom. The van der Waals surface area contributed by atoms with Crippen LogP contribution in [-0.4, -0.2) is 78.1 Å². The van der Waals surface area contributed by atoms with Crippen LogP contribution in [0.2, 0.25) is 0 Å². The van der Waals surface area contributed by atoms with Gasteiger partial charge in [0, 0.05) is 25.7 Å². The molecule has 3 N–H and O–H groups in total. The van der Waals surface area contributed by atoms with Crippen LogP contribution < -0.4 is 10.6 Å². The third-order valence-corrected chi connectivity index (χ3v) is 9.21. The Labute approximate surface area is 217 Å². The van der Waals surface area contributed by atoms with Crippen LogP contribution in [-0.2, 0) is 24.4 Å². The van der Waals surface area contributed by atoms with E-state index in [1.54, 1.807) is 5.38 Å². The second-order valence-corrected chi connectivity index (χ2v) is 12.7. The molecule has 13 heteroatoms. The lowest BCUT2D eigenvalue weighted by molar-refractivity contribution is -0.169. The molecule has 11 nitrogen and oxygen atoms in total. The van der Waals surface area contributed by atoms with Crippen LogP contribution in [0.1, 0.15) is 64.7 Å². The number of hydrogen-bond donors (Lipinski definition) is 3. The lowest BCUT2D eigenvalue weighted by atomic mass is 9.79. The number of hydroxylamine groups is 2. The maximum atomic E-state index is 13.6. The number of amides is 3. The molecule has 1 fully saturated rings. The summed E-state index contributed by atoms with van der Waals surface area (Å²) in [6, 6.07) is -1.89. The van der Waals surface area contributed by atoms with Gasteiger partial charge in [-0.05, 0) is 25.2 Å². The second kappa shape index (κ2) is 14.6. The van der Waals surface area contributed by atoms with E-state index in [0.29, 0.717) is 35.9 Å². The molecule has 0 aliphatic heterocycles. The number of nitrogens with zero attached hydrogens (tertiary/aromatic N) is 3. The first-order valence-corrected chi connectivity index (χ1v) is 14.9. The molecule has 0 radical (unpaired) electrons. The Morgan fingerprint density at radius 3 is 2.47 bits per heavy atom. The summed E-state index contributed by atoms with van der Waals surface area (Å²) >= 11 is 1.20. The Bertz CT molecular complexity index is 935. The van der Waals surface area contributed by atoms with E-state index in [1.807, 2.05) is 6.92 Å². The largest absolute Gasteiger partial charge is 0.344 e. The van der Waals surface area contributed by atoms with E-state index < -0.39 is 39.8 Å². The van der Waals surface area contributed by atoms with Crippen LogP contribution >= 0.6 is 11.3 Å². The van der Waals surface area contributed by atoms with Crippen molar-refractivity contribution >= 4 is 44.7 Å². The van der Waals surface area contributed by atoms with Gasteiger partial charge in [0.05, 0.1) is 17.7 Å². The molecule has 2 rings (SSSR count). The maximum absolute atomic E-state index is 13.6. The average Bonchev–Trinajstić information content (AvgIpc) is 3.36. The zero-order chi connectivity index (χ0) is 26.7. The third-order valence-electron chi connectivity index (χ3n) is 6.66. The number of aromatic nitrogens is 1. The topological polar surface area (TPSA) is 149 Å².